The second-order valence-corrected chi connectivity index (χ2v) is 15.5. The van der Waals surface area contributed by atoms with E-state index in [1.54, 1.807) is 24.5 Å². The molecule has 0 N–H and O–H groups in total. The van der Waals surface area contributed by atoms with E-state index in [1.165, 1.54) is 11.6 Å². The Morgan fingerprint density at radius 3 is 1.56 bits per heavy atom. The molecule has 0 saturated carbocycles. The van der Waals surface area contributed by atoms with Gasteiger partial charge in [0.15, 0.2) is 0 Å². The lowest BCUT2D eigenvalue weighted by Gasteiger charge is -2.21. The maximum Gasteiger partial charge on any atom is 0.417 e. The number of para-hydroxylation sites is 2. The van der Waals surface area contributed by atoms with Crippen LogP contribution in [0.4, 0.5) is 26.3 Å². The number of hydrogen-bond donors (Lipinski definition) is 0. The van der Waals surface area contributed by atoms with E-state index in [-0.39, 0.29) is 17.2 Å². The number of hydrogen-bond acceptors (Lipinski definition) is 2. The molecule has 3 heterocycles. The van der Waals surface area contributed by atoms with Crippen LogP contribution in [0.2, 0.25) is 0 Å². The summed E-state index contributed by atoms with van der Waals surface area (Å²) in [5, 5.41) is 14.0. The molecule has 0 radical (unpaired) electrons. The molecule has 0 aliphatic rings. The first-order chi connectivity index (χ1) is 29.8. The minimum absolute atomic E-state index is 0.104. The van der Waals surface area contributed by atoms with E-state index in [1.807, 2.05) is 65.2 Å². The van der Waals surface area contributed by atoms with Crippen molar-refractivity contribution in [2.24, 2.45) is 0 Å². The lowest BCUT2D eigenvalue weighted by atomic mass is 9.95. The Morgan fingerprint density at radius 2 is 1.03 bits per heavy atom. The second-order valence-electron chi connectivity index (χ2n) is 15.5. The smallest absolute Gasteiger partial charge is 0.308 e. The number of benzene rings is 7. The molecule has 0 saturated heterocycles. The van der Waals surface area contributed by atoms with Crippen molar-refractivity contribution in [3.63, 3.8) is 0 Å². The zero-order chi connectivity index (χ0) is 43.1. The standard InChI is InChI=1S/C52H32F6N4/c1-30-11-15-37(31(2)23-30)34-12-17-46-41(26-34)39-7-3-5-9-44(39)61(46)48-24-32(29-59)25-49(50(48)33-19-21-60-22-20-33)62-45-10-6-4-8-40(45)42-27-35(13-18-47(42)62)38-16-14-36(51(53,54)55)28-43(38)52(56,57)58/h3-28H,1-2H3. The number of rotatable bonds is 5. The van der Waals surface area contributed by atoms with Gasteiger partial charge >= 0.3 is 12.4 Å². The van der Waals surface area contributed by atoms with Crippen LogP contribution in [0.5, 0.6) is 0 Å². The maximum absolute atomic E-state index is 14.4. The fraction of sp³-hybridized carbons (Fsp3) is 0.0769. The van der Waals surface area contributed by atoms with Crippen LogP contribution < -0.4 is 0 Å². The molecular weight excluding hydrogens is 795 g/mol. The van der Waals surface area contributed by atoms with Gasteiger partial charge in [0, 0.05) is 39.5 Å². The van der Waals surface area contributed by atoms with E-state index in [2.05, 4.69) is 78.0 Å². The highest BCUT2D eigenvalue weighted by atomic mass is 19.4. The Bertz CT molecular complexity index is 3480. The van der Waals surface area contributed by atoms with Gasteiger partial charge in [0.25, 0.3) is 0 Å². The van der Waals surface area contributed by atoms with Crippen molar-refractivity contribution in [1.82, 2.24) is 14.1 Å². The Kier molecular flexibility index (Phi) is 8.85. The second kappa shape index (κ2) is 14.2. The van der Waals surface area contributed by atoms with Gasteiger partial charge < -0.3 is 9.13 Å². The summed E-state index contributed by atoms with van der Waals surface area (Å²) in [7, 11) is 0. The maximum atomic E-state index is 14.4. The molecule has 10 aromatic rings. The summed E-state index contributed by atoms with van der Waals surface area (Å²) < 4.78 is 88.4. The van der Waals surface area contributed by atoms with Gasteiger partial charge in [-0.1, -0.05) is 78.4 Å². The highest BCUT2D eigenvalue weighted by Crippen LogP contribution is 2.46. The molecule has 0 spiro atoms. The Labute approximate surface area is 351 Å². The van der Waals surface area contributed by atoms with Gasteiger partial charge in [-0.05, 0) is 120 Å². The molecule has 0 atom stereocenters. The minimum Gasteiger partial charge on any atom is -0.308 e. The molecule has 0 bridgehead atoms. The fourth-order valence-corrected chi connectivity index (χ4v) is 8.99. The molecule has 302 valence electrons. The number of aryl methyl sites for hydroxylation is 2. The average molecular weight is 827 g/mol. The third-order valence-electron chi connectivity index (χ3n) is 11.7. The Balaban J connectivity index is 1.27. The molecule has 0 amide bonds. The van der Waals surface area contributed by atoms with Crippen LogP contribution >= 0.6 is 0 Å². The first-order valence-corrected chi connectivity index (χ1v) is 19.7. The van der Waals surface area contributed by atoms with Crippen LogP contribution in [0.1, 0.15) is 27.8 Å². The molecule has 4 nitrogen and oxygen atoms in total. The van der Waals surface area contributed by atoms with Crippen molar-refractivity contribution in [2.45, 2.75) is 26.2 Å². The highest BCUT2D eigenvalue weighted by Gasteiger charge is 2.38. The number of nitriles is 1. The summed E-state index contributed by atoms with van der Waals surface area (Å²) in [6.45, 7) is 4.18. The number of fused-ring (bicyclic) bond motifs is 6. The molecule has 0 aliphatic heterocycles. The van der Waals surface area contributed by atoms with Crippen LogP contribution in [-0.4, -0.2) is 14.1 Å². The normalized spacial score (nSPS) is 12.2. The summed E-state index contributed by atoms with van der Waals surface area (Å²) in [5.41, 5.74) is 7.96. The van der Waals surface area contributed by atoms with Crippen molar-refractivity contribution < 1.29 is 26.3 Å². The Morgan fingerprint density at radius 1 is 0.500 bits per heavy atom. The number of alkyl halides is 6. The van der Waals surface area contributed by atoms with Crippen LogP contribution in [0, 0.1) is 25.2 Å². The first kappa shape index (κ1) is 38.6. The van der Waals surface area contributed by atoms with E-state index in [0.717, 1.165) is 61.4 Å². The molecule has 10 rings (SSSR count). The Hall–Kier alpha value is -7.64. The number of aromatic nitrogens is 3. The van der Waals surface area contributed by atoms with Crippen molar-refractivity contribution in [1.29, 1.82) is 5.26 Å². The predicted molar refractivity (Wildman–Crippen MR) is 233 cm³/mol. The third-order valence-corrected chi connectivity index (χ3v) is 11.7. The largest absolute Gasteiger partial charge is 0.417 e. The minimum atomic E-state index is -5.05. The van der Waals surface area contributed by atoms with Gasteiger partial charge in [0.1, 0.15) is 0 Å². The van der Waals surface area contributed by atoms with E-state index in [0.29, 0.717) is 39.1 Å². The number of pyridine rings is 1. The zero-order valence-electron chi connectivity index (χ0n) is 33.1. The number of nitrogens with zero attached hydrogens (tertiary/aromatic N) is 4. The third kappa shape index (κ3) is 6.28. The summed E-state index contributed by atoms with van der Waals surface area (Å²) in [6.07, 6.45) is -6.61. The molecule has 62 heavy (non-hydrogen) atoms. The van der Waals surface area contributed by atoms with Crippen molar-refractivity contribution in [3.05, 3.63) is 186 Å². The molecule has 3 aromatic heterocycles. The lowest BCUT2D eigenvalue weighted by molar-refractivity contribution is -0.142. The van der Waals surface area contributed by atoms with Gasteiger partial charge in [-0.25, -0.2) is 0 Å². The van der Waals surface area contributed by atoms with Gasteiger partial charge in [-0.3, -0.25) is 4.98 Å². The zero-order valence-corrected chi connectivity index (χ0v) is 33.1. The van der Waals surface area contributed by atoms with E-state index < -0.39 is 23.5 Å². The highest BCUT2D eigenvalue weighted by molar-refractivity contribution is 6.13. The van der Waals surface area contributed by atoms with Gasteiger partial charge in [-0.2, -0.15) is 31.6 Å². The summed E-state index contributed by atoms with van der Waals surface area (Å²) in [6, 6.07) is 44.8. The monoisotopic (exact) mass is 826 g/mol. The average Bonchev–Trinajstić information content (AvgIpc) is 3.77. The number of halogens is 6. The topological polar surface area (TPSA) is 46.5 Å². The van der Waals surface area contributed by atoms with E-state index in [9.17, 15) is 31.6 Å². The predicted octanol–water partition coefficient (Wildman–Crippen LogP) is 14.8. The molecular formula is C52H32F6N4. The van der Waals surface area contributed by atoms with E-state index in [4.69, 9.17) is 0 Å². The SMILES string of the molecule is Cc1ccc(-c2ccc3c(c2)c2ccccc2n3-c2cc(C#N)cc(-n3c4ccccc4c4cc(-c5ccc(C(F)(F)F)cc5C(F)(F)F)ccc43)c2-c2ccncc2)c(C)c1. The molecule has 7 aromatic carbocycles. The van der Waals surface area contributed by atoms with Crippen LogP contribution in [0.25, 0.3) is 88.4 Å². The van der Waals surface area contributed by atoms with Gasteiger partial charge in [0.2, 0.25) is 0 Å². The molecule has 10 heteroatoms. The quantitative estimate of drug-likeness (QED) is 0.162. The van der Waals surface area contributed by atoms with Crippen LogP contribution in [-0.2, 0) is 12.4 Å². The fourth-order valence-electron chi connectivity index (χ4n) is 8.99. The van der Waals surface area contributed by atoms with Gasteiger partial charge in [0.05, 0.1) is 56.2 Å². The molecule has 0 aliphatic carbocycles. The summed E-state index contributed by atoms with van der Waals surface area (Å²) in [5.74, 6) is 0. The molecule has 0 unspecified atom stereocenters. The summed E-state index contributed by atoms with van der Waals surface area (Å²) >= 11 is 0. The van der Waals surface area contributed by atoms with Crippen molar-refractivity contribution >= 4 is 43.6 Å². The van der Waals surface area contributed by atoms with Crippen LogP contribution in [0.3, 0.4) is 0 Å². The van der Waals surface area contributed by atoms with Gasteiger partial charge in [-0.15, -0.1) is 0 Å². The first-order valence-electron chi connectivity index (χ1n) is 19.7. The van der Waals surface area contributed by atoms with Crippen molar-refractivity contribution in [3.8, 4) is 50.8 Å². The molecule has 0 fully saturated rings. The van der Waals surface area contributed by atoms with E-state index >= 15 is 0 Å². The van der Waals surface area contributed by atoms with Crippen molar-refractivity contribution in [2.75, 3.05) is 0 Å². The lowest BCUT2D eigenvalue weighted by Crippen LogP contribution is -2.12. The summed E-state index contributed by atoms with van der Waals surface area (Å²) in [4.78, 5) is 4.31. The van der Waals surface area contributed by atoms with Crippen LogP contribution in [0.15, 0.2) is 158 Å².